The lowest BCUT2D eigenvalue weighted by atomic mass is 10.1. The van der Waals surface area contributed by atoms with Crippen molar-refractivity contribution in [1.82, 2.24) is 14.8 Å². The maximum absolute atomic E-state index is 13.1. The molecule has 2 rings (SSSR count). The summed E-state index contributed by atoms with van der Waals surface area (Å²) in [4.78, 5) is 15.7. The SMILES string of the molecule is CCn1ncnc1COC(=O)c1cc(F)c(F)cc1N. The zero-order valence-corrected chi connectivity index (χ0v) is 10.6. The van der Waals surface area contributed by atoms with Crippen molar-refractivity contribution in [3.8, 4) is 0 Å². The lowest BCUT2D eigenvalue weighted by Crippen LogP contribution is -2.12. The number of rotatable bonds is 4. The first kappa shape index (κ1) is 13.9. The Morgan fingerprint density at radius 3 is 2.80 bits per heavy atom. The predicted octanol–water partition coefficient (Wildman–Crippen LogP) is 1.52. The van der Waals surface area contributed by atoms with E-state index in [0.29, 0.717) is 18.4 Å². The fourth-order valence-corrected chi connectivity index (χ4v) is 1.61. The molecule has 0 aliphatic carbocycles. The molecule has 0 aliphatic heterocycles. The monoisotopic (exact) mass is 282 g/mol. The van der Waals surface area contributed by atoms with Gasteiger partial charge in [-0.1, -0.05) is 0 Å². The minimum absolute atomic E-state index is 0.134. The molecule has 2 N–H and O–H groups in total. The normalized spacial score (nSPS) is 10.6. The Kier molecular flexibility index (Phi) is 3.92. The van der Waals surface area contributed by atoms with E-state index >= 15 is 0 Å². The van der Waals surface area contributed by atoms with Gasteiger partial charge in [-0.25, -0.2) is 23.2 Å². The molecule has 0 saturated heterocycles. The molecule has 6 nitrogen and oxygen atoms in total. The van der Waals surface area contributed by atoms with E-state index in [1.54, 1.807) is 4.68 Å². The van der Waals surface area contributed by atoms with Gasteiger partial charge < -0.3 is 10.5 Å². The van der Waals surface area contributed by atoms with Crippen LogP contribution in [0.2, 0.25) is 0 Å². The lowest BCUT2D eigenvalue weighted by Gasteiger charge is -2.07. The molecule has 1 aromatic carbocycles. The molecule has 0 radical (unpaired) electrons. The van der Waals surface area contributed by atoms with Gasteiger partial charge in [0.1, 0.15) is 6.33 Å². The second-order valence-electron chi connectivity index (χ2n) is 3.92. The van der Waals surface area contributed by atoms with Crippen LogP contribution in [-0.2, 0) is 17.9 Å². The number of carbonyl (C=O) groups is 1. The van der Waals surface area contributed by atoms with Crippen LogP contribution in [-0.4, -0.2) is 20.7 Å². The first-order valence-corrected chi connectivity index (χ1v) is 5.81. The zero-order chi connectivity index (χ0) is 14.7. The molecule has 0 spiro atoms. The van der Waals surface area contributed by atoms with E-state index in [0.717, 1.165) is 6.07 Å². The molecule has 106 valence electrons. The van der Waals surface area contributed by atoms with Crippen LogP contribution in [0.15, 0.2) is 18.5 Å². The third-order valence-corrected chi connectivity index (χ3v) is 2.64. The highest BCUT2D eigenvalue weighted by Crippen LogP contribution is 2.18. The van der Waals surface area contributed by atoms with Gasteiger partial charge in [0, 0.05) is 18.3 Å². The number of halogens is 2. The molecule has 8 heteroatoms. The highest BCUT2D eigenvalue weighted by molar-refractivity contribution is 5.95. The van der Waals surface area contributed by atoms with Gasteiger partial charge in [0.25, 0.3) is 0 Å². The van der Waals surface area contributed by atoms with Crippen molar-refractivity contribution in [3.05, 3.63) is 41.5 Å². The molecule has 0 saturated carbocycles. The minimum atomic E-state index is -1.16. The van der Waals surface area contributed by atoms with Gasteiger partial charge in [0.05, 0.1) is 5.56 Å². The zero-order valence-electron chi connectivity index (χ0n) is 10.6. The summed E-state index contributed by atoms with van der Waals surface area (Å²) < 4.78 is 32.5. The summed E-state index contributed by atoms with van der Waals surface area (Å²) in [6.45, 7) is 2.29. The molecule has 0 unspecified atom stereocenters. The summed E-state index contributed by atoms with van der Waals surface area (Å²) >= 11 is 0. The number of benzene rings is 1. The van der Waals surface area contributed by atoms with Crippen LogP contribution in [0.3, 0.4) is 0 Å². The summed E-state index contributed by atoms with van der Waals surface area (Å²) in [6.07, 6.45) is 1.33. The number of aromatic nitrogens is 3. The molecule has 0 bridgehead atoms. The third-order valence-electron chi connectivity index (χ3n) is 2.64. The number of anilines is 1. The average molecular weight is 282 g/mol. The topological polar surface area (TPSA) is 83.0 Å². The van der Waals surface area contributed by atoms with Crippen LogP contribution < -0.4 is 5.73 Å². The number of hydrogen-bond acceptors (Lipinski definition) is 5. The number of nitrogens with zero attached hydrogens (tertiary/aromatic N) is 3. The van der Waals surface area contributed by atoms with Gasteiger partial charge in [-0.05, 0) is 13.0 Å². The van der Waals surface area contributed by atoms with Gasteiger partial charge in [-0.15, -0.1) is 0 Å². The molecule has 0 fully saturated rings. The van der Waals surface area contributed by atoms with E-state index in [2.05, 4.69) is 10.1 Å². The number of ether oxygens (including phenoxy) is 1. The van der Waals surface area contributed by atoms with E-state index in [-0.39, 0.29) is 17.9 Å². The van der Waals surface area contributed by atoms with Gasteiger partial charge in [0.15, 0.2) is 24.1 Å². The van der Waals surface area contributed by atoms with Crippen LogP contribution >= 0.6 is 0 Å². The Morgan fingerprint density at radius 1 is 1.40 bits per heavy atom. The molecular formula is C12H12F2N4O2. The standard InChI is InChI=1S/C12H12F2N4O2/c1-2-18-11(16-6-17-18)5-20-12(19)7-3-8(13)9(14)4-10(7)15/h3-4,6H,2,5,15H2,1H3. The van der Waals surface area contributed by atoms with E-state index in [1.165, 1.54) is 6.33 Å². The van der Waals surface area contributed by atoms with Gasteiger partial charge in [-0.2, -0.15) is 5.10 Å². The van der Waals surface area contributed by atoms with Crippen LogP contribution in [0.1, 0.15) is 23.1 Å². The van der Waals surface area contributed by atoms with Crippen molar-refractivity contribution in [2.75, 3.05) is 5.73 Å². The highest BCUT2D eigenvalue weighted by atomic mass is 19.2. The molecule has 2 aromatic rings. The fourth-order valence-electron chi connectivity index (χ4n) is 1.61. The molecule has 1 heterocycles. The second-order valence-corrected chi connectivity index (χ2v) is 3.92. The van der Waals surface area contributed by atoms with Crippen LogP contribution in [0, 0.1) is 11.6 Å². The van der Waals surface area contributed by atoms with Crippen molar-refractivity contribution in [1.29, 1.82) is 0 Å². The summed E-state index contributed by atoms with van der Waals surface area (Å²) in [5, 5.41) is 3.91. The lowest BCUT2D eigenvalue weighted by molar-refractivity contribution is 0.0457. The van der Waals surface area contributed by atoms with Crippen molar-refractivity contribution >= 4 is 11.7 Å². The molecule has 20 heavy (non-hydrogen) atoms. The first-order chi connectivity index (χ1) is 9.52. The molecular weight excluding hydrogens is 270 g/mol. The maximum Gasteiger partial charge on any atom is 0.340 e. The number of carbonyl (C=O) groups excluding carboxylic acids is 1. The van der Waals surface area contributed by atoms with Crippen LogP contribution in [0.5, 0.6) is 0 Å². The summed E-state index contributed by atoms with van der Waals surface area (Å²) in [7, 11) is 0. The third kappa shape index (κ3) is 2.73. The van der Waals surface area contributed by atoms with Crippen LogP contribution in [0.4, 0.5) is 14.5 Å². The fraction of sp³-hybridized carbons (Fsp3) is 0.250. The smallest absolute Gasteiger partial charge is 0.340 e. The molecule has 1 aromatic heterocycles. The largest absolute Gasteiger partial charge is 0.454 e. The number of nitrogen functional groups attached to an aromatic ring is 1. The Labute approximate surface area is 113 Å². The van der Waals surface area contributed by atoms with Gasteiger partial charge >= 0.3 is 5.97 Å². The Hall–Kier alpha value is -2.51. The summed E-state index contributed by atoms with van der Waals surface area (Å²) in [5.41, 5.74) is 5.04. The Balaban J connectivity index is 2.11. The second kappa shape index (κ2) is 5.64. The van der Waals surface area contributed by atoms with Gasteiger partial charge in [-0.3, -0.25) is 0 Å². The number of nitrogens with two attached hydrogens (primary N) is 1. The van der Waals surface area contributed by atoms with Gasteiger partial charge in [0.2, 0.25) is 0 Å². The van der Waals surface area contributed by atoms with Crippen molar-refractivity contribution in [2.45, 2.75) is 20.1 Å². The maximum atomic E-state index is 13.1. The molecule has 0 amide bonds. The summed E-state index contributed by atoms with van der Waals surface area (Å²) in [6, 6.07) is 1.44. The predicted molar refractivity (Wildman–Crippen MR) is 65.6 cm³/mol. The summed E-state index contributed by atoms with van der Waals surface area (Å²) in [5.74, 6) is -2.69. The molecule has 0 atom stereocenters. The Bertz CT molecular complexity index is 642. The Morgan fingerprint density at radius 2 is 2.10 bits per heavy atom. The van der Waals surface area contributed by atoms with Crippen molar-refractivity contribution < 1.29 is 18.3 Å². The van der Waals surface area contributed by atoms with Crippen molar-refractivity contribution in [3.63, 3.8) is 0 Å². The van der Waals surface area contributed by atoms with Crippen LogP contribution in [0.25, 0.3) is 0 Å². The number of hydrogen-bond donors (Lipinski definition) is 1. The van der Waals surface area contributed by atoms with E-state index in [9.17, 15) is 13.6 Å². The van der Waals surface area contributed by atoms with E-state index in [4.69, 9.17) is 10.5 Å². The first-order valence-electron chi connectivity index (χ1n) is 5.81. The van der Waals surface area contributed by atoms with E-state index in [1.807, 2.05) is 6.92 Å². The minimum Gasteiger partial charge on any atom is -0.454 e. The number of aryl methyl sites for hydroxylation is 1. The van der Waals surface area contributed by atoms with Crippen molar-refractivity contribution in [2.24, 2.45) is 0 Å². The highest BCUT2D eigenvalue weighted by Gasteiger charge is 2.16. The van der Waals surface area contributed by atoms with E-state index < -0.39 is 17.6 Å². The average Bonchev–Trinajstić information content (AvgIpc) is 2.87. The molecule has 0 aliphatic rings. The quantitative estimate of drug-likeness (QED) is 0.679. The number of esters is 1.